The number of sulfonamides is 1. The predicted molar refractivity (Wildman–Crippen MR) is 87.5 cm³/mol. The van der Waals surface area contributed by atoms with Gasteiger partial charge >= 0.3 is 0 Å². The van der Waals surface area contributed by atoms with E-state index in [-0.39, 0.29) is 42.7 Å². The molecule has 1 saturated heterocycles. The fourth-order valence-corrected chi connectivity index (χ4v) is 3.68. The van der Waals surface area contributed by atoms with Crippen molar-refractivity contribution in [3.63, 3.8) is 0 Å². The molecular weight excluding hydrogens is 346 g/mol. The molecule has 1 aromatic rings. The summed E-state index contributed by atoms with van der Waals surface area (Å²) in [5, 5.41) is 2.53. The molecule has 0 aromatic heterocycles. The first-order chi connectivity index (χ1) is 10.5. The molecule has 0 atom stereocenters. The van der Waals surface area contributed by atoms with Gasteiger partial charge < -0.3 is 20.5 Å². The first-order valence-electron chi connectivity index (χ1n) is 6.75. The van der Waals surface area contributed by atoms with Crippen LogP contribution >= 0.6 is 12.4 Å². The number of nitrogens with zero attached hydrogens (tertiary/aromatic N) is 1. The standard InChI is InChI=1S/C13H19N3O5S.ClH/c1-20-11-3-2-10(15-13(17)9-14)8-12(11)22(18,19)16-4-6-21-7-5-16;/h2-3,8H,4-7,9,14H2,1H3,(H,15,17);1H. The summed E-state index contributed by atoms with van der Waals surface area (Å²) in [5.41, 5.74) is 5.59. The number of methoxy groups -OCH3 is 1. The zero-order valence-electron chi connectivity index (χ0n) is 12.6. The summed E-state index contributed by atoms with van der Waals surface area (Å²) in [6, 6.07) is 4.43. The number of hydrogen-bond donors (Lipinski definition) is 2. The Morgan fingerprint density at radius 3 is 2.61 bits per heavy atom. The zero-order valence-corrected chi connectivity index (χ0v) is 14.3. The third kappa shape index (κ3) is 4.55. The molecule has 130 valence electrons. The number of rotatable bonds is 5. The van der Waals surface area contributed by atoms with Gasteiger partial charge in [-0.3, -0.25) is 4.79 Å². The Morgan fingerprint density at radius 1 is 1.39 bits per heavy atom. The van der Waals surface area contributed by atoms with Gasteiger partial charge in [-0.15, -0.1) is 12.4 Å². The van der Waals surface area contributed by atoms with Crippen LogP contribution in [0.15, 0.2) is 23.1 Å². The Kier molecular flexibility index (Phi) is 7.23. The Labute approximate surface area is 141 Å². The van der Waals surface area contributed by atoms with E-state index in [1.54, 1.807) is 6.07 Å². The van der Waals surface area contributed by atoms with Crippen molar-refractivity contribution in [2.24, 2.45) is 5.73 Å². The summed E-state index contributed by atoms with van der Waals surface area (Å²) < 4.78 is 37.1. The number of hydrogen-bond acceptors (Lipinski definition) is 6. The average molecular weight is 366 g/mol. The first kappa shape index (κ1) is 19.7. The molecule has 0 spiro atoms. The predicted octanol–water partition coefficient (Wildman–Crippen LogP) is 0.0351. The van der Waals surface area contributed by atoms with E-state index in [4.69, 9.17) is 15.2 Å². The molecule has 1 fully saturated rings. The van der Waals surface area contributed by atoms with Crippen molar-refractivity contribution < 1.29 is 22.7 Å². The molecule has 1 aliphatic heterocycles. The number of amides is 1. The largest absolute Gasteiger partial charge is 0.495 e. The molecule has 8 nitrogen and oxygen atoms in total. The van der Waals surface area contributed by atoms with Gasteiger partial charge in [-0.25, -0.2) is 8.42 Å². The van der Waals surface area contributed by atoms with Crippen molar-refractivity contribution in [2.75, 3.05) is 45.3 Å². The topological polar surface area (TPSA) is 111 Å². The van der Waals surface area contributed by atoms with Gasteiger partial charge in [-0.05, 0) is 18.2 Å². The highest BCUT2D eigenvalue weighted by molar-refractivity contribution is 7.89. The number of anilines is 1. The highest BCUT2D eigenvalue weighted by Gasteiger charge is 2.29. The lowest BCUT2D eigenvalue weighted by molar-refractivity contribution is -0.114. The number of carbonyl (C=O) groups is 1. The lowest BCUT2D eigenvalue weighted by Crippen LogP contribution is -2.40. The van der Waals surface area contributed by atoms with Crippen LogP contribution in [-0.2, 0) is 19.6 Å². The molecular formula is C13H20ClN3O5S. The first-order valence-corrected chi connectivity index (χ1v) is 8.19. The highest BCUT2D eigenvalue weighted by Crippen LogP contribution is 2.30. The van der Waals surface area contributed by atoms with E-state index in [2.05, 4.69) is 5.32 Å². The zero-order chi connectivity index (χ0) is 16.2. The Bertz CT molecular complexity index is 647. The van der Waals surface area contributed by atoms with Crippen LogP contribution in [0.2, 0.25) is 0 Å². The molecule has 10 heteroatoms. The Balaban J connectivity index is 0.00000264. The van der Waals surface area contributed by atoms with Crippen LogP contribution in [-0.4, -0.2) is 58.6 Å². The maximum atomic E-state index is 12.7. The second-order valence-corrected chi connectivity index (χ2v) is 6.54. The smallest absolute Gasteiger partial charge is 0.246 e. The normalized spacial score (nSPS) is 15.6. The van der Waals surface area contributed by atoms with E-state index < -0.39 is 15.9 Å². The van der Waals surface area contributed by atoms with Crippen molar-refractivity contribution in [1.82, 2.24) is 4.31 Å². The highest BCUT2D eigenvalue weighted by atomic mass is 35.5. The van der Waals surface area contributed by atoms with Crippen LogP contribution in [0, 0.1) is 0 Å². The van der Waals surface area contributed by atoms with Gasteiger partial charge in [0, 0.05) is 18.8 Å². The molecule has 1 aromatic carbocycles. The summed E-state index contributed by atoms with van der Waals surface area (Å²) in [4.78, 5) is 11.4. The fraction of sp³-hybridized carbons (Fsp3) is 0.462. The van der Waals surface area contributed by atoms with Gasteiger partial charge in [-0.2, -0.15) is 4.31 Å². The van der Waals surface area contributed by atoms with E-state index >= 15 is 0 Å². The van der Waals surface area contributed by atoms with E-state index in [9.17, 15) is 13.2 Å². The van der Waals surface area contributed by atoms with Gasteiger partial charge in [0.25, 0.3) is 0 Å². The molecule has 2 rings (SSSR count). The summed E-state index contributed by atoms with van der Waals surface area (Å²) in [5.74, 6) is -0.183. The van der Waals surface area contributed by atoms with Crippen LogP contribution in [0.5, 0.6) is 5.75 Å². The molecule has 0 bridgehead atoms. The van der Waals surface area contributed by atoms with Gasteiger partial charge in [0.05, 0.1) is 26.9 Å². The minimum Gasteiger partial charge on any atom is -0.495 e. The summed E-state index contributed by atoms with van der Waals surface area (Å²) >= 11 is 0. The number of nitrogens with one attached hydrogen (secondary N) is 1. The molecule has 1 aliphatic rings. The molecule has 3 N–H and O–H groups in total. The minimum absolute atomic E-state index is 0. The van der Waals surface area contributed by atoms with E-state index in [0.29, 0.717) is 18.9 Å². The molecule has 1 amide bonds. The van der Waals surface area contributed by atoms with E-state index in [1.165, 1.54) is 23.5 Å². The van der Waals surface area contributed by atoms with Gasteiger partial charge in [0.2, 0.25) is 15.9 Å². The van der Waals surface area contributed by atoms with Crippen LogP contribution in [0.3, 0.4) is 0 Å². The van der Waals surface area contributed by atoms with Crippen LogP contribution < -0.4 is 15.8 Å². The van der Waals surface area contributed by atoms with Crippen LogP contribution in [0.4, 0.5) is 5.69 Å². The van der Waals surface area contributed by atoms with Crippen LogP contribution in [0.1, 0.15) is 0 Å². The summed E-state index contributed by atoms with van der Waals surface area (Å²) in [6.45, 7) is 1.09. The Morgan fingerprint density at radius 2 is 2.04 bits per heavy atom. The fourth-order valence-electron chi connectivity index (χ4n) is 2.09. The maximum Gasteiger partial charge on any atom is 0.246 e. The molecule has 23 heavy (non-hydrogen) atoms. The van der Waals surface area contributed by atoms with Gasteiger partial charge in [0.1, 0.15) is 10.6 Å². The van der Waals surface area contributed by atoms with Crippen LogP contribution in [0.25, 0.3) is 0 Å². The molecule has 0 saturated carbocycles. The van der Waals surface area contributed by atoms with Crippen molar-refractivity contribution >= 4 is 34.0 Å². The number of ether oxygens (including phenoxy) is 2. The quantitative estimate of drug-likeness (QED) is 0.761. The lowest BCUT2D eigenvalue weighted by atomic mass is 10.3. The number of morpholine rings is 1. The van der Waals surface area contributed by atoms with Gasteiger partial charge in [-0.1, -0.05) is 0 Å². The van der Waals surface area contributed by atoms with Gasteiger partial charge in [0.15, 0.2) is 0 Å². The monoisotopic (exact) mass is 365 g/mol. The third-order valence-electron chi connectivity index (χ3n) is 3.22. The molecule has 0 radical (unpaired) electrons. The second-order valence-electron chi connectivity index (χ2n) is 4.63. The van der Waals surface area contributed by atoms with Crippen molar-refractivity contribution in [2.45, 2.75) is 4.90 Å². The van der Waals surface area contributed by atoms with E-state index in [1.807, 2.05) is 0 Å². The third-order valence-corrected chi connectivity index (χ3v) is 5.14. The number of halogens is 1. The van der Waals surface area contributed by atoms with Crippen molar-refractivity contribution in [3.8, 4) is 5.75 Å². The van der Waals surface area contributed by atoms with Crippen molar-refractivity contribution in [1.29, 1.82) is 0 Å². The number of nitrogens with two attached hydrogens (primary N) is 1. The second kappa shape index (κ2) is 8.46. The molecule has 0 aliphatic carbocycles. The SMILES string of the molecule is COc1ccc(NC(=O)CN)cc1S(=O)(=O)N1CCOCC1.Cl. The Hall–Kier alpha value is -1.39. The molecule has 0 unspecified atom stereocenters. The lowest BCUT2D eigenvalue weighted by Gasteiger charge is -2.26. The molecule has 1 heterocycles. The number of benzene rings is 1. The minimum atomic E-state index is -3.72. The number of carbonyl (C=O) groups excluding carboxylic acids is 1. The van der Waals surface area contributed by atoms with Crippen molar-refractivity contribution in [3.05, 3.63) is 18.2 Å². The average Bonchev–Trinajstić information content (AvgIpc) is 2.55. The van der Waals surface area contributed by atoms with E-state index in [0.717, 1.165) is 0 Å². The summed E-state index contributed by atoms with van der Waals surface area (Å²) in [7, 11) is -2.33. The maximum absolute atomic E-state index is 12.7. The summed E-state index contributed by atoms with van der Waals surface area (Å²) in [6.07, 6.45) is 0.